The van der Waals surface area contributed by atoms with Gasteiger partial charge in [0.15, 0.2) is 0 Å². The summed E-state index contributed by atoms with van der Waals surface area (Å²) in [6, 6.07) is 2.42. The molecule has 0 amide bonds. The van der Waals surface area contributed by atoms with Crippen LogP contribution in [0.3, 0.4) is 0 Å². The summed E-state index contributed by atoms with van der Waals surface area (Å²) in [5, 5.41) is 4.01. The third-order valence-electron chi connectivity index (χ3n) is 9.87. The lowest BCUT2D eigenvalue weighted by atomic mass is 9.69. The number of nitrogens with zero attached hydrogens (tertiary/aromatic N) is 2. The Morgan fingerprint density at radius 3 is 1.86 bits per heavy atom. The molecular weight excluding hydrogens is 342 g/mol. The normalized spacial score (nSPS) is 43.1. The van der Waals surface area contributed by atoms with Gasteiger partial charge in [0.25, 0.3) is 0 Å². The first-order chi connectivity index (χ1) is 13.3. The molecule has 0 aromatic carbocycles. The van der Waals surface area contributed by atoms with Crippen molar-refractivity contribution < 1.29 is 0 Å². The highest BCUT2D eigenvalue weighted by Crippen LogP contribution is 2.52. The number of rotatable bonds is 5. The van der Waals surface area contributed by atoms with Crippen molar-refractivity contribution in [1.82, 2.24) is 15.1 Å². The summed E-state index contributed by atoms with van der Waals surface area (Å²) in [5.74, 6) is 1.80. The highest BCUT2D eigenvalue weighted by atomic mass is 15.3. The zero-order chi connectivity index (χ0) is 20.1. The minimum Gasteiger partial charge on any atom is -0.301 e. The molecule has 6 unspecified atom stereocenters. The van der Waals surface area contributed by atoms with Crippen molar-refractivity contribution in [2.24, 2.45) is 22.7 Å². The maximum Gasteiger partial charge on any atom is 0.0653 e. The van der Waals surface area contributed by atoms with Gasteiger partial charge in [-0.1, -0.05) is 53.4 Å². The molecule has 4 rings (SSSR count). The summed E-state index contributed by atoms with van der Waals surface area (Å²) in [5.41, 5.74) is 0.885. The fourth-order valence-electron chi connectivity index (χ4n) is 8.37. The van der Waals surface area contributed by atoms with E-state index in [1.165, 1.54) is 70.8 Å². The zero-order valence-electron chi connectivity index (χ0n) is 19.6. The standard InChI is InChI=1S/C25H47N3/c1-24(2)18-12-7-9-14-20(18)27(5)22(24)16-11-17-26-23-25(3,4)19-13-8-10-15-21(19)28(23)6/h18-23,26H,7-17H2,1-6H3. The molecule has 2 aliphatic heterocycles. The molecule has 2 aliphatic carbocycles. The molecule has 4 fully saturated rings. The predicted molar refractivity (Wildman–Crippen MR) is 119 cm³/mol. The molecule has 0 spiro atoms. The van der Waals surface area contributed by atoms with Gasteiger partial charge in [-0.05, 0) is 81.8 Å². The molecule has 2 saturated heterocycles. The minimum atomic E-state index is 0.401. The van der Waals surface area contributed by atoms with Crippen LogP contribution in [0.2, 0.25) is 0 Å². The van der Waals surface area contributed by atoms with Crippen LogP contribution in [0.1, 0.15) is 91.9 Å². The second-order valence-corrected chi connectivity index (χ2v) is 11.9. The van der Waals surface area contributed by atoms with Gasteiger partial charge < -0.3 is 5.32 Å². The lowest BCUT2D eigenvalue weighted by Crippen LogP contribution is -2.48. The fraction of sp³-hybridized carbons (Fsp3) is 1.00. The van der Waals surface area contributed by atoms with Gasteiger partial charge in [-0.15, -0.1) is 0 Å². The van der Waals surface area contributed by atoms with Gasteiger partial charge in [0, 0.05) is 18.1 Å². The highest BCUT2D eigenvalue weighted by molar-refractivity contribution is 5.06. The molecule has 3 heteroatoms. The van der Waals surface area contributed by atoms with Crippen LogP contribution in [-0.4, -0.2) is 54.7 Å². The molecule has 28 heavy (non-hydrogen) atoms. The van der Waals surface area contributed by atoms with Crippen molar-refractivity contribution in [3.63, 3.8) is 0 Å². The van der Waals surface area contributed by atoms with Crippen LogP contribution < -0.4 is 5.32 Å². The van der Waals surface area contributed by atoms with Gasteiger partial charge in [-0.3, -0.25) is 9.80 Å². The first-order valence-corrected chi connectivity index (χ1v) is 12.4. The lowest BCUT2D eigenvalue weighted by molar-refractivity contribution is 0.139. The van der Waals surface area contributed by atoms with Crippen LogP contribution in [0.4, 0.5) is 0 Å². The van der Waals surface area contributed by atoms with Crippen molar-refractivity contribution in [3.8, 4) is 0 Å². The van der Waals surface area contributed by atoms with Crippen LogP contribution in [-0.2, 0) is 0 Å². The van der Waals surface area contributed by atoms with E-state index in [2.05, 4.69) is 56.9 Å². The Kier molecular flexibility index (Phi) is 5.92. The van der Waals surface area contributed by atoms with E-state index in [1.54, 1.807) is 0 Å². The Bertz CT molecular complexity index is 494. The van der Waals surface area contributed by atoms with E-state index in [1.807, 2.05) is 0 Å². The van der Waals surface area contributed by atoms with Crippen molar-refractivity contribution in [3.05, 3.63) is 0 Å². The second kappa shape index (κ2) is 7.85. The predicted octanol–water partition coefficient (Wildman–Crippen LogP) is 5.11. The summed E-state index contributed by atoms with van der Waals surface area (Å²) in [6.07, 6.45) is 14.7. The van der Waals surface area contributed by atoms with E-state index in [-0.39, 0.29) is 0 Å². The average Bonchev–Trinajstić information content (AvgIpc) is 2.99. The Labute approximate surface area is 175 Å². The van der Waals surface area contributed by atoms with Crippen molar-refractivity contribution in [2.75, 3.05) is 20.6 Å². The Balaban J connectivity index is 1.32. The largest absolute Gasteiger partial charge is 0.301 e. The van der Waals surface area contributed by atoms with Gasteiger partial charge in [-0.2, -0.15) is 0 Å². The zero-order valence-corrected chi connectivity index (χ0v) is 19.6. The second-order valence-electron chi connectivity index (χ2n) is 11.9. The molecule has 6 atom stereocenters. The Morgan fingerprint density at radius 2 is 1.29 bits per heavy atom. The summed E-state index contributed by atoms with van der Waals surface area (Å²) in [6.45, 7) is 11.4. The van der Waals surface area contributed by atoms with Gasteiger partial charge in [0.1, 0.15) is 0 Å². The van der Waals surface area contributed by atoms with Gasteiger partial charge in [0.2, 0.25) is 0 Å². The van der Waals surface area contributed by atoms with Gasteiger partial charge in [0.05, 0.1) is 6.17 Å². The molecular formula is C25H47N3. The van der Waals surface area contributed by atoms with E-state index in [9.17, 15) is 0 Å². The first kappa shape index (κ1) is 21.1. The summed E-state index contributed by atoms with van der Waals surface area (Å²) in [4.78, 5) is 5.48. The van der Waals surface area contributed by atoms with E-state index in [0.29, 0.717) is 17.0 Å². The monoisotopic (exact) mass is 389 g/mol. The molecule has 3 nitrogen and oxygen atoms in total. The molecule has 2 heterocycles. The van der Waals surface area contributed by atoms with E-state index in [0.717, 1.165) is 30.0 Å². The van der Waals surface area contributed by atoms with Crippen molar-refractivity contribution in [1.29, 1.82) is 0 Å². The number of hydrogen-bond donors (Lipinski definition) is 1. The lowest BCUT2D eigenvalue weighted by Gasteiger charge is -2.36. The molecule has 0 aromatic rings. The number of hydrogen-bond acceptors (Lipinski definition) is 3. The summed E-state index contributed by atoms with van der Waals surface area (Å²) in [7, 11) is 4.81. The third kappa shape index (κ3) is 3.38. The summed E-state index contributed by atoms with van der Waals surface area (Å²) >= 11 is 0. The van der Waals surface area contributed by atoms with Crippen molar-refractivity contribution >= 4 is 0 Å². The molecule has 1 N–H and O–H groups in total. The van der Waals surface area contributed by atoms with Gasteiger partial charge in [-0.25, -0.2) is 0 Å². The average molecular weight is 390 g/mol. The quantitative estimate of drug-likeness (QED) is 0.659. The van der Waals surface area contributed by atoms with Crippen LogP contribution in [0, 0.1) is 22.7 Å². The maximum absolute atomic E-state index is 4.01. The minimum absolute atomic E-state index is 0.401. The van der Waals surface area contributed by atoms with Crippen LogP contribution >= 0.6 is 0 Å². The maximum atomic E-state index is 4.01. The van der Waals surface area contributed by atoms with Crippen LogP contribution in [0.25, 0.3) is 0 Å². The Morgan fingerprint density at radius 1 is 0.750 bits per heavy atom. The highest BCUT2D eigenvalue weighted by Gasteiger charge is 2.53. The third-order valence-corrected chi connectivity index (χ3v) is 9.87. The number of likely N-dealkylation sites (tertiary alicyclic amines) is 2. The molecule has 4 aliphatic rings. The molecule has 162 valence electrons. The topological polar surface area (TPSA) is 18.5 Å². The van der Waals surface area contributed by atoms with E-state index >= 15 is 0 Å². The SMILES string of the molecule is CN1C2CCCCC2C(C)(C)C1CCCNC1N(C)C2CCCCC2C1(C)C. The smallest absolute Gasteiger partial charge is 0.0653 e. The summed E-state index contributed by atoms with van der Waals surface area (Å²) < 4.78 is 0. The van der Waals surface area contributed by atoms with Crippen LogP contribution in [0.15, 0.2) is 0 Å². The molecule has 0 radical (unpaired) electrons. The molecule has 0 aromatic heterocycles. The Hall–Kier alpha value is -0.120. The molecule has 0 bridgehead atoms. The first-order valence-electron chi connectivity index (χ1n) is 12.4. The number of nitrogens with one attached hydrogen (secondary N) is 1. The van der Waals surface area contributed by atoms with E-state index in [4.69, 9.17) is 0 Å². The fourth-order valence-corrected chi connectivity index (χ4v) is 8.37. The van der Waals surface area contributed by atoms with E-state index < -0.39 is 0 Å². The van der Waals surface area contributed by atoms with Gasteiger partial charge >= 0.3 is 0 Å². The van der Waals surface area contributed by atoms with Crippen LogP contribution in [0.5, 0.6) is 0 Å². The van der Waals surface area contributed by atoms with Crippen molar-refractivity contribution in [2.45, 2.75) is 116 Å². The molecule has 2 saturated carbocycles. The number of fused-ring (bicyclic) bond motifs is 2.